The molecule has 0 radical (unpaired) electrons. The summed E-state index contributed by atoms with van der Waals surface area (Å²) in [6.07, 6.45) is 0.960. The summed E-state index contributed by atoms with van der Waals surface area (Å²) in [5, 5.41) is 12.3. The summed E-state index contributed by atoms with van der Waals surface area (Å²) in [5.41, 5.74) is 2.88. The molecule has 3 aromatic carbocycles. The van der Waals surface area contributed by atoms with Crippen molar-refractivity contribution in [3.05, 3.63) is 108 Å². The van der Waals surface area contributed by atoms with E-state index in [-0.39, 0.29) is 19.8 Å². The van der Waals surface area contributed by atoms with E-state index < -0.39 is 18.0 Å². The molecule has 6 nitrogen and oxygen atoms in total. The highest BCUT2D eigenvalue weighted by molar-refractivity contribution is 5.84. The highest BCUT2D eigenvalue weighted by atomic mass is 16.5. The zero-order valence-corrected chi connectivity index (χ0v) is 18.6. The molecule has 2 N–H and O–H groups in total. The van der Waals surface area contributed by atoms with Gasteiger partial charge in [0.15, 0.2) is 0 Å². The molecule has 0 unspecified atom stereocenters. The molecule has 0 aliphatic rings. The minimum atomic E-state index is -0.846. The molecule has 0 saturated carbocycles. The molecule has 3 aromatic rings. The second kappa shape index (κ2) is 13.0. The van der Waals surface area contributed by atoms with Crippen LogP contribution in [0.15, 0.2) is 91.0 Å². The Hall–Kier alpha value is -3.64. The third kappa shape index (κ3) is 8.09. The molecule has 0 fully saturated rings. The zero-order chi connectivity index (χ0) is 23.3. The fourth-order valence-electron chi connectivity index (χ4n) is 3.46. The minimum absolute atomic E-state index is 0.134. The Bertz CT molecular complexity index is 981. The number of benzene rings is 3. The number of carbonyl (C=O) groups is 2. The number of hydrogen-bond donors (Lipinski definition) is 2. The predicted octanol–water partition coefficient (Wildman–Crippen LogP) is 3.59. The molecule has 172 valence electrons. The van der Waals surface area contributed by atoms with Gasteiger partial charge < -0.3 is 20.1 Å². The summed E-state index contributed by atoms with van der Waals surface area (Å²) in [6, 6.07) is 27.5. The van der Waals surface area contributed by atoms with Crippen LogP contribution in [0.25, 0.3) is 0 Å². The normalized spacial score (nSPS) is 11.4. The molecule has 0 saturated heterocycles. The van der Waals surface area contributed by atoms with E-state index in [1.165, 1.54) is 4.90 Å². The number of nitrogens with one attached hydrogen (secondary N) is 1. The van der Waals surface area contributed by atoms with E-state index in [0.29, 0.717) is 19.4 Å². The third-order valence-corrected chi connectivity index (χ3v) is 5.26. The average Bonchev–Trinajstić information content (AvgIpc) is 2.86. The number of aliphatic hydroxyl groups excluding tert-OH is 1. The van der Waals surface area contributed by atoms with E-state index in [2.05, 4.69) is 5.32 Å². The number of rotatable bonds is 11. The molecule has 3 rings (SSSR count). The Morgan fingerprint density at radius 2 is 1.33 bits per heavy atom. The van der Waals surface area contributed by atoms with Gasteiger partial charge in [-0.05, 0) is 23.1 Å². The molecule has 0 aliphatic heterocycles. The molecular formula is C27H30N2O4. The van der Waals surface area contributed by atoms with Crippen LogP contribution in [0.3, 0.4) is 0 Å². The van der Waals surface area contributed by atoms with E-state index in [1.807, 2.05) is 91.0 Å². The lowest BCUT2D eigenvalue weighted by Crippen LogP contribution is -2.50. The van der Waals surface area contributed by atoms with Crippen molar-refractivity contribution in [1.82, 2.24) is 10.2 Å². The van der Waals surface area contributed by atoms with Crippen molar-refractivity contribution in [2.75, 3.05) is 19.7 Å². The van der Waals surface area contributed by atoms with E-state index in [9.17, 15) is 14.7 Å². The van der Waals surface area contributed by atoms with E-state index in [0.717, 1.165) is 16.7 Å². The van der Waals surface area contributed by atoms with Gasteiger partial charge in [0.05, 0.1) is 6.61 Å². The highest BCUT2D eigenvalue weighted by Gasteiger charge is 2.25. The summed E-state index contributed by atoms with van der Waals surface area (Å²) in [5.74, 6) is -0.497. The van der Waals surface area contributed by atoms with Gasteiger partial charge in [0.2, 0.25) is 0 Å². The number of amides is 2. The zero-order valence-electron chi connectivity index (χ0n) is 18.6. The predicted molar refractivity (Wildman–Crippen MR) is 128 cm³/mol. The lowest BCUT2D eigenvalue weighted by molar-refractivity contribution is -0.147. The van der Waals surface area contributed by atoms with Crippen molar-refractivity contribution in [2.24, 2.45) is 0 Å². The van der Waals surface area contributed by atoms with Crippen LogP contribution >= 0.6 is 0 Å². The van der Waals surface area contributed by atoms with Crippen molar-refractivity contribution in [2.45, 2.75) is 25.5 Å². The summed E-state index contributed by atoms with van der Waals surface area (Å²) in [7, 11) is 0. The first kappa shape index (κ1) is 24.0. The van der Waals surface area contributed by atoms with Gasteiger partial charge in [0.25, 0.3) is 0 Å². The van der Waals surface area contributed by atoms with Gasteiger partial charge in [-0.3, -0.25) is 0 Å². The number of urea groups is 1. The van der Waals surface area contributed by atoms with Gasteiger partial charge in [0.1, 0.15) is 12.6 Å². The molecule has 0 heterocycles. The van der Waals surface area contributed by atoms with Gasteiger partial charge in [0, 0.05) is 19.5 Å². The lowest BCUT2D eigenvalue weighted by Gasteiger charge is -2.25. The maximum atomic E-state index is 13.0. The number of ether oxygens (including phenoxy) is 1. The maximum absolute atomic E-state index is 13.0. The summed E-state index contributed by atoms with van der Waals surface area (Å²) in [4.78, 5) is 27.5. The smallest absolute Gasteiger partial charge is 0.329 e. The largest absolute Gasteiger partial charge is 0.459 e. The van der Waals surface area contributed by atoms with E-state index in [4.69, 9.17) is 4.74 Å². The number of hydrogen-bond acceptors (Lipinski definition) is 4. The first-order valence-electron chi connectivity index (χ1n) is 11.1. The number of nitrogens with zero attached hydrogens (tertiary/aromatic N) is 1. The molecule has 0 spiro atoms. The SMILES string of the molecule is O=C(OCc1ccccc1)[C@@H](Cc1ccccc1)NC(=O)N(CCO)CCc1ccccc1. The topological polar surface area (TPSA) is 78.9 Å². The molecule has 2 amide bonds. The van der Waals surface area contributed by atoms with Crippen molar-refractivity contribution in [3.63, 3.8) is 0 Å². The van der Waals surface area contributed by atoms with Crippen LogP contribution in [-0.4, -0.2) is 47.7 Å². The van der Waals surface area contributed by atoms with Gasteiger partial charge in [-0.2, -0.15) is 0 Å². The molecule has 33 heavy (non-hydrogen) atoms. The Morgan fingerprint density at radius 1 is 0.788 bits per heavy atom. The van der Waals surface area contributed by atoms with Crippen molar-refractivity contribution in [3.8, 4) is 0 Å². The monoisotopic (exact) mass is 446 g/mol. The summed E-state index contributed by atoms with van der Waals surface area (Å²) < 4.78 is 5.51. The van der Waals surface area contributed by atoms with E-state index in [1.54, 1.807) is 0 Å². The van der Waals surface area contributed by atoms with Crippen LogP contribution in [0.1, 0.15) is 16.7 Å². The molecule has 0 aliphatic carbocycles. The Labute approximate surface area is 194 Å². The number of esters is 1. The number of carbonyl (C=O) groups excluding carboxylic acids is 2. The van der Waals surface area contributed by atoms with Crippen molar-refractivity contribution < 1.29 is 19.4 Å². The summed E-state index contributed by atoms with van der Waals surface area (Å²) in [6.45, 7) is 0.572. The fraction of sp³-hybridized carbons (Fsp3) is 0.259. The van der Waals surface area contributed by atoms with Crippen LogP contribution < -0.4 is 5.32 Å². The minimum Gasteiger partial charge on any atom is -0.459 e. The Balaban J connectivity index is 1.66. The first-order chi connectivity index (χ1) is 16.2. The molecule has 0 bridgehead atoms. The van der Waals surface area contributed by atoms with Gasteiger partial charge >= 0.3 is 12.0 Å². The Kier molecular flexibility index (Phi) is 9.48. The van der Waals surface area contributed by atoms with Crippen LogP contribution in [0.4, 0.5) is 4.79 Å². The average molecular weight is 447 g/mol. The number of aliphatic hydroxyl groups is 1. The van der Waals surface area contributed by atoms with Crippen molar-refractivity contribution in [1.29, 1.82) is 0 Å². The third-order valence-electron chi connectivity index (χ3n) is 5.26. The Morgan fingerprint density at radius 3 is 1.91 bits per heavy atom. The maximum Gasteiger partial charge on any atom is 0.329 e. The molecular weight excluding hydrogens is 416 g/mol. The first-order valence-corrected chi connectivity index (χ1v) is 11.1. The summed E-state index contributed by atoms with van der Waals surface area (Å²) >= 11 is 0. The molecule has 6 heteroatoms. The lowest BCUT2D eigenvalue weighted by atomic mass is 10.1. The van der Waals surface area contributed by atoms with Crippen LogP contribution in [0, 0.1) is 0 Å². The van der Waals surface area contributed by atoms with Crippen molar-refractivity contribution >= 4 is 12.0 Å². The second-order valence-electron chi connectivity index (χ2n) is 7.73. The quantitative estimate of drug-likeness (QED) is 0.441. The second-order valence-corrected chi connectivity index (χ2v) is 7.73. The van der Waals surface area contributed by atoms with Gasteiger partial charge in [-0.1, -0.05) is 91.0 Å². The van der Waals surface area contributed by atoms with Crippen LogP contribution in [0.5, 0.6) is 0 Å². The van der Waals surface area contributed by atoms with Gasteiger partial charge in [-0.25, -0.2) is 9.59 Å². The fourth-order valence-corrected chi connectivity index (χ4v) is 3.46. The van der Waals surface area contributed by atoms with Crippen LogP contribution in [-0.2, 0) is 29.0 Å². The highest BCUT2D eigenvalue weighted by Crippen LogP contribution is 2.09. The molecule has 0 aromatic heterocycles. The molecule has 1 atom stereocenters. The van der Waals surface area contributed by atoms with Gasteiger partial charge in [-0.15, -0.1) is 0 Å². The van der Waals surface area contributed by atoms with E-state index >= 15 is 0 Å². The van der Waals surface area contributed by atoms with Crippen LogP contribution in [0.2, 0.25) is 0 Å². The standard InChI is InChI=1S/C27H30N2O4/c30-19-18-29(17-16-22-10-4-1-5-11-22)27(32)28-25(20-23-12-6-2-7-13-23)26(31)33-21-24-14-8-3-9-15-24/h1-15,25,30H,16-21H2,(H,28,32)/t25-/m1/s1.